The molecule has 0 aliphatic carbocycles. The van der Waals surface area contributed by atoms with E-state index >= 15 is 0 Å². The summed E-state index contributed by atoms with van der Waals surface area (Å²) in [4.78, 5) is 13.8. The highest BCUT2D eigenvalue weighted by molar-refractivity contribution is 7.20. The second-order valence-corrected chi connectivity index (χ2v) is 6.52. The highest BCUT2D eigenvalue weighted by Gasteiger charge is 2.17. The van der Waals surface area contributed by atoms with Gasteiger partial charge in [-0.25, -0.2) is 4.68 Å². The van der Waals surface area contributed by atoms with Gasteiger partial charge >= 0.3 is 0 Å². The van der Waals surface area contributed by atoms with Crippen LogP contribution in [0.15, 0.2) is 30.3 Å². The van der Waals surface area contributed by atoms with Gasteiger partial charge in [-0.05, 0) is 31.2 Å². The SMILES string of the molecule is COCCNC(=O)c1cc2c(C)nn(-c3cccc(Cl)c3)c2s1. The van der Waals surface area contributed by atoms with E-state index in [4.69, 9.17) is 16.3 Å². The van der Waals surface area contributed by atoms with Gasteiger partial charge in [0.05, 0.1) is 22.9 Å². The largest absolute Gasteiger partial charge is 0.383 e. The number of benzene rings is 1. The molecule has 0 radical (unpaired) electrons. The molecule has 0 spiro atoms. The van der Waals surface area contributed by atoms with Crippen LogP contribution >= 0.6 is 22.9 Å². The molecule has 5 nitrogen and oxygen atoms in total. The molecule has 0 saturated carbocycles. The zero-order valence-electron chi connectivity index (χ0n) is 12.8. The van der Waals surface area contributed by atoms with Crippen molar-refractivity contribution in [3.63, 3.8) is 0 Å². The Kier molecular flexibility index (Phi) is 4.66. The number of nitrogens with one attached hydrogen (secondary N) is 1. The molecule has 0 fully saturated rings. The van der Waals surface area contributed by atoms with Crippen molar-refractivity contribution in [2.45, 2.75) is 6.92 Å². The van der Waals surface area contributed by atoms with E-state index in [2.05, 4.69) is 10.4 Å². The van der Waals surface area contributed by atoms with Crippen LogP contribution in [-0.4, -0.2) is 35.9 Å². The maximum absolute atomic E-state index is 12.2. The number of thiophene rings is 1. The molecule has 3 aromatic rings. The number of aryl methyl sites for hydroxylation is 1. The number of halogens is 1. The fourth-order valence-electron chi connectivity index (χ4n) is 2.30. The van der Waals surface area contributed by atoms with Crippen molar-refractivity contribution in [1.29, 1.82) is 0 Å². The summed E-state index contributed by atoms with van der Waals surface area (Å²) in [5.74, 6) is -0.0969. The van der Waals surface area contributed by atoms with Gasteiger partial charge in [0.1, 0.15) is 4.83 Å². The van der Waals surface area contributed by atoms with E-state index in [1.165, 1.54) is 11.3 Å². The lowest BCUT2D eigenvalue weighted by molar-refractivity contribution is 0.0941. The lowest BCUT2D eigenvalue weighted by atomic mass is 10.3. The van der Waals surface area contributed by atoms with Crippen LogP contribution in [0.3, 0.4) is 0 Å². The van der Waals surface area contributed by atoms with Crippen LogP contribution in [0.2, 0.25) is 5.02 Å². The maximum Gasteiger partial charge on any atom is 0.261 e. The van der Waals surface area contributed by atoms with Crippen molar-refractivity contribution < 1.29 is 9.53 Å². The molecule has 0 atom stereocenters. The van der Waals surface area contributed by atoms with Crippen molar-refractivity contribution in [2.75, 3.05) is 20.3 Å². The number of carbonyl (C=O) groups excluding carboxylic acids is 1. The summed E-state index contributed by atoms with van der Waals surface area (Å²) in [7, 11) is 1.61. The predicted molar refractivity (Wildman–Crippen MR) is 92.9 cm³/mol. The first-order valence-corrected chi connectivity index (χ1v) is 8.32. The van der Waals surface area contributed by atoms with E-state index in [0.717, 1.165) is 21.6 Å². The standard InChI is InChI=1S/C16H16ClN3O2S/c1-10-13-9-14(15(21)18-6-7-22-2)23-16(13)20(19-10)12-5-3-4-11(17)8-12/h3-5,8-9H,6-7H2,1-2H3,(H,18,21). The zero-order valence-corrected chi connectivity index (χ0v) is 14.4. The van der Waals surface area contributed by atoms with Crippen LogP contribution in [0.1, 0.15) is 15.4 Å². The van der Waals surface area contributed by atoms with Crippen molar-refractivity contribution in [1.82, 2.24) is 15.1 Å². The number of ether oxygens (including phenoxy) is 1. The van der Waals surface area contributed by atoms with E-state index in [0.29, 0.717) is 23.1 Å². The molecule has 7 heteroatoms. The molecule has 0 bridgehead atoms. The fourth-order valence-corrected chi connectivity index (χ4v) is 3.58. The molecule has 3 rings (SSSR count). The van der Waals surface area contributed by atoms with Crippen molar-refractivity contribution in [2.24, 2.45) is 0 Å². The minimum Gasteiger partial charge on any atom is -0.383 e. The average molecular weight is 350 g/mol. The molecular weight excluding hydrogens is 334 g/mol. The molecule has 1 N–H and O–H groups in total. The summed E-state index contributed by atoms with van der Waals surface area (Å²) < 4.78 is 6.77. The highest BCUT2D eigenvalue weighted by Crippen LogP contribution is 2.30. The first-order valence-electron chi connectivity index (χ1n) is 7.12. The Balaban J connectivity index is 1.97. The first kappa shape index (κ1) is 16.0. The Morgan fingerprint density at radius 1 is 1.43 bits per heavy atom. The third-order valence-electron chi connectivity index (χ3n) is 3.41. The molecule has 0 saturated heterocycles. The van der Waals surface area contributed by atoms with Crippen molar-refractivity contribution in [3.8, 4) is 5.69 Å². The third-order valence-corrected chi connectivity index (χ3v) is 4.76. The minimum atomic E-state index is -0.0969. The molecule has 2 aromatic heterocycles. The van der Waals surface area contributed by atoms with Gasteiger partial charge in [-0.2, -0.15) is 5.10 Å². The third kappa shape index (κ3) is 3.24. The molecule has 0 aliphatic heterocycles. The maximum atomic E-state index is 12.2. The monoisotopic (exact) mass is 349 g/mol. The number of amides is 1. The Morgan fingerprint density at radius 2 is 2.26 bits per heavy atom. The van der Waals surface area contributed by atoms with Gasteiger partial charge in [-0.3, -0.25) is 4.79 Å². The Hall–Kier alpha value is -1.89. The van der Waals surface area contributed by atoms with E-state index < -0.39 is 0 Å². The number of methoxy groups -OCH3 is 1. The van der Waals surface area contributed by atoms with Crippen molar-refractivity contribution >= 4 is 39.1 Å². The molecule has 120 valence electrons. The molecule has 2 heterocycles. The number of rotatable bonds is 5. The van der Waals surface area contributed by atoms with Gasteiger partial charge in [0.2, 0.25) is 0 Å². The summed E-state index contributed by atoms with van der Waals surface area (Å²) in [5.41, 5.74) is 1.76. The molecule has 0 aliphatic rings. The van der Waals surface area contributed by atoms with Crippen LogP contribution in [0.4, 0.5) is 0 Å². The molecule has 0 unspecified atom stereocenters. The van der Waals surface area contributed by atoms with Gasteiger partial charge in [0.15, 0.2) is 0 Å². The summed E-state index contributed by atoms with van der Waals surface area (Å²) in [5, 5.41) is 9.02. The van der Waals surface area contributed by atoms with E-state index in [-0.39, 0.29) is 5.91 Å². The van der Waals surface area contributed by atoms with Gasteiger partial charge in [-0.15, -0.1) is 11.3 Å². The van der Waals surface area contributed by atoms with E-state index in [9.17, 15) is 4.79 Å². The van der Waals surface area contributed by atoms with Crippen LogP contribution in [0.5, 0.6) is 0 Å². The summed E-state index contributed by atoms with van der Waals surface area (Å²) >= 11 is 7.48. The predicted octanol–water partition coefficient (Wildman–Crippen LogP) is 3.43. The summed E-state index contributed by atoms with van der Waals surface area (Å²) in [6.45, 7) is 2.91. The summed E-state index contributed by atoms with van der Waals surface area (Å²) in [6, 6.07) is 9.38. The number of hydrogen-bond donors (Lipinski definition) is 1. The van der Waals surface area contributed by atoms with Crippen LogP contribution in [0, 0.1) is 6.92 Å². The first-order chi connectivity index (χ1) is 11.1. The lowest BCUT2D eigenvalue weighted by Gasteiger charge is -2.03. The molecule has 23 heavy (non-hydrogen) atoms. The Morgan fingerprint density at radius 3 is 3.00 bits per heavy atom. The second kappa shape index (κ2) is 6.70. The van der Waals surface area contributed by atoms with Gasteiger partial charge < -0.3 is 10.1 Å². The Bertz CT molecular complexity index is 856. The molecule has 1 amide bonds. The van der Waals surface area contributed by atoms with Crippen molar-refractivity contribution in [3.05, 3.63) is 45.9 Å². The summed E-state index contributed by atoms with van der Waals surface area (Å²) in [6.07, 6.45) is 0. The smallest absolute Gasteiger partial charge is 0.261 e. The van der Waals surface area contributed by atoms with E-state index in [1.807, 2.05) is 41.9 Å². The fraction of sp³-hybridized carbons (Fsp3) is 0.250. The normalized spacial score (nSPS) is 11.1. The average Bonchev–Trinajstić information content (AvgIpc) is 3.08. The number of nitrogens with zero attached hydrogens (tertiary/aromatic N) is 2. The van der Waals surface area contributed by atoms with E-state index in [1.54, 1.807) is 7.11 Å². The number of hydrogen-bond acceptors (Lipinski definition) is 4. The zero-order chi connectivity index (χ0) is 16.4. The molecule has 1 aromatic carbocycles. The number of fused-ring (bicyclic) bond motifs is 1. The topological polar surface area (TPSA) is 56.1 Å². The highest BCUT2D eigenvalue weighted by atomic mass is 35.5. The molecular formula is C16H16ClN3O2S. The Labute approximate surface area is 142 Å². The quantitative estimate of drug-likeness (QED) is 0.718. The van der Waals surface area contributed by atoms with Gasteiger partial charge in [0.25, 0.3) is 5.91 Å². The van der Waals surface area contributed by atoms with Gasteiger partial charge in [-0.1, -0.05) is 17.7 Å². The number of aromatic nitrogens is 2. The van der Waals surface area contributed by atoms with Gasteiger partial charge in [0, 0.05) is 24.1 Å². The van der Waals surface area contributed by atoms with Crippen LogP contribution in [0.25, 0.3) is 15.9 Å². The van der Waals surface area contributed by atoms with Crippen LogP contribution in [-0.2, 0) is 4.74 Å². The minimum absolute atomic E-state index is 0.0969. The second-order valence-electron chi connectivity index (χ2n) is 5.06. The number of carbonyl (C=O) groups is 1. The van der Waals surface area contributed by atoms with Crippen LogP contribution < -0.4 is 5.32 Å². The lowest BCUT2D eigenvalue weighted by Crippen LogP contribution is -2.26.